The van der Waals surface area contributed by atoms with Gasteiger partial charge in [0.2, 0.25) is 0 Å². The minimum Gasteiger partial charge on any atom is -0.395 e. The Labute approximate surface area is 212 Å². The first-order valence-corrected chi connectivity index (χ1v) is 13.3. The van der Waals surface area contributed by atoms with Crippen molar-refractivity contribution in [2.75, 3.05) is 50.0 Å². The Morgan fingerprint density at radius 1 is 1.06 bits per heavy atom. The van der Waals surface area contributed by atoms with E-state index < -0.39 is 0 Å². The van der Waals surface area contributed by atoms with Crippen LogP contribution in [0.2, 0.25) is 5.02 Å². The predicted molar refractivity (Wildman–Crippen MR) is 147 cm³/mol. The SMILES string of the molecule is CC.CC.CCc1ncc(N2CC(C3CCCN(CCO)C3)C2)nc1N.Cc1ccc(Cl)cc1. The number of hydrogen-bond acceptors (Lipinski definition) is 6. The van der Waals surface area contributed by atoms with Crippen molar-refractivity contribution in [3.63, 3.8) is 0 Å². The predicted octanol–water partition coefficient (Wildman–Crippen LogP) is 5.46. The second-order valence-electron chi connectivity index (χ2n) is 8.30. The molecule has 192 valence electrons. The summed E-state index contributed by atoms with van der Waals surface area (Å²) in [6, 6.07) is 7.75. The average Bonchev–Trinajstić information content (AvgIpc) is 2.84. The molecule has 34 heavy (non-hydrogen) atoms. The third-order valence-corrected chi connectivity index (χ3v) is 6.32. The minimum atomic E-state index is 0.266. The van der Waals surface area contributed by atoms with E-state index in [1.807, 2.05) is 72.0 Å². The molecule has 0 spiro atoms. The lowest BCUT2D eigenvalue weighted by Crippen LogP contribution is -2.54. The van der Waals surface area contributed by atoms with Crippen LogP contribution in [0.1, 0.15) is 58.7 Å². The van der Waals surface area contributed by atoms with Crippen LogP contribution in [-0.4, -0.2) is 59.3 Å². The van der Waals surface area contributed by atoms with Crippen molar-refractivity contribution in [1.82, 2.24) is 14.9 Å². The molecule has 0 saturated carbocycles. The maximum atomic E-state index is 9.10. The molecule has 0 amide bonds. The van der Waals surface area contributed by atoms with Crippen molar-refractivity contribution in [3.8, 4) is 0 Å². The van der Waals surface area contributed by atoms with Gasteiger partial charge in [0.25, 0.3) is 0 Å². The molecule has 1 atom stereocenters. The van der Waals surface area contributed by atoms with Crippen LogP contribution in [0.3, 0.4) is 0 Å². The van der Waals surface area contributed by atoms with E-state index in [4.69, 9.17) is 22.4 Å². The molecule has 2 fully saturated rings. The number of aromatic nitrogens is 2. The normalized spacial score (nSPS) is 17.8. The summed E-state index contributed by atoms with van der Waals surface area (Å²) in [5, 5.41) is 9.90. The highest BCUT2D eigenvalue weighted by molar-refractivity contribution is 6.30. The fraction of sp³-hybridized carbons (Fsp3) is 0.630. The molecule has 7 heteroatoms. The van der Waals surface area contributed by atoms with Gasteiger partial charge in [-0.05, 0) is 56.7 Å². The molecule has 1 aromatic heterocycles. The van der Waals surface area contributed by atoms with Crippen molar-refractivity contribution in [1.29, 1.82) is 0 Å². The minimum absolute atomic E-state index is 0.266. The van der Waals surface area contributed by atoms with Gasteiger partial charge in [-0.3, -0.25) is 4.98 Å². The summed E-state index contributed by atoms with van der Waals surface area (Å²) in [4.78, 5) is 13.6. The van der Waals surface area contributed by atoms with E-state index in [1.165, 1.54) is 18.4 Å². The summed E-state index contributed by atoms with van der Waals surface area (Å²) in [6.07, 6.45) is 5.23. The quantitative estimate of drug-likeness (QED) is 0.578. The molecule has 4 rings (SSSR count). The lowest BCUT2D eigenvalue weighted by Gasteiger charge is -2.47. The second-order valence-corrected chi connectivity index (χ2v) is 8.74. The number of nitrogens with zero attached hydrogens (tertiary/aromatic N) is 4. The smallest absolute Gasteiger partial charge is 0.149 e. The highest BCUT2D eigenvalue weighted by Crippen LogP contribution is 2.33. The van der Waals surface area contributed by atoms with Gasteiger partial charge in [-0.2, -0.15) is 0 Å². The number of likely N-dealkylation sites (tertiary alicyclic amines) is 1. The van der Waals surface area contributed by atoms with E-state index in [-0.39, 0.29) is 6.61 Å². The van der Waals surface area contributed by atoms with Gasteiger partial charge in [-0.1, -0.05) is 63.9 Å². The molecule has 1 aromatic carbocycles. The van der Waals surface area contributed by atoms with Crippen LogP contribution in [0.15, 0.2) is 30.5 Å². The molecule has 0 radical (unpaired) electrons. The largest absolute Gasteiger partial charge is 0.395 e. The average molecular weight is 492 g/mol. The van der Waals surface area contributed by atoms with Crippen molar-refractivity contribution in [3.05, 3.63) is 46.7 Å². The van der Waals surface area contributed by atoms with Gasteiger partial charge in [0, 0.05) is 31.2 Å². The van der Waals surface area contributed by atoms with E-state index in [2.05, 4.69) is 19.8 Å². The first-order chi connectivity index (χ1) is 16.5. The Bertz CT molecular complexity index is 773. The van der Waals surface area contributed by atoms with Crippen LogP contribution in [0.5, 0.6) is 0 Å². The number of piperidine rings is 1. The van der Waals surface area contributed by atoms with E-state index in [1.54, 1.807) is 0 Å². The third-order valence-electron chi connectivity index (χ3n) is 6.07. The Morgan fingerprint density at radius 2 is 1.71 bits per heavy atom. The van der Waals surface area contributed by atoms with Gasteiger partial charge in [0.1, 0.15) is 11.6 Å². The zero-order chi connectivity index (χ0) is 25.5. The van der Waals surface area contributed by atoms with Crippen LogP contribution in [-0.2, 0) is 6.42 Å². The molecule has 0 bridgehead atoms. The lowest BCUT2D eigenvalue weighted by molar-refractivity contribution is 0.101. The molecular formula is C27H46ClN5O. The molecule has 0 aliphatic carbocycles. The fourth-order valence-corrected chi connectivity index (χ4v) is 4.32. The molecule has 3 heterocycles. The Kier molecular flexibility index (Phi) is 14.8. The number of nitrogens with two attached hydrogens (primary N) is 1. The zero-order valence-corrected chi connectivity index (χ0v) is 22.9. The van der Waals surface area contributed by atoms with Crippen LogP contribution in [0.25, 0.3) is 0 Å². The summed E-state index contributed by atoms with van der Waals surface area (Å²) in [6.45, 7) is 17.5. The monoisotopic (exact) mass is 491 g/mol. The highest BCUT2D eigenvalue weighted by Gasteiger charge is 2.36. The number of anilines is 2. The van der Waals surface area contributed by atoms with Crippen molar-refractivity contribution >= 4 is 23.2 Å². The Hall–Kier alpha value is -1.89. The van der Waals surface area contributed by atoms with Crippen molar-refractivity contribution in [2.24, 2.45) is 11.8 Å². The lowest BCUT2D eigenvalue weighted by atomic mass is 9.80. The number of aliphatic hydroxyl groups excluding tert-OH is 1. The van der Waals surface area contributed by atoms with Gasteiger partial charge in [-0.15, -0.1) is 0 Å². The van der Waals surface area contributed by atoms with Crippen LogP contribution in [0, 0.1) is 18.8 Å². The first kappa shape index (κ1) is 30.1. The van der Waals surface area contributed by atoms with E-state index in [0.29, 0.717) is 5.82 Å². The second kappa shape index (κ2) is 16.7. The van der Waals surface area contributed by atoms with E-state index >= 15 is 0 Å². The maximum absolute atomic E-state index is 9.10. The number of aliphatic hydroxyl groups is 1. The summed E-state index contributed by atoms with van der Waals surface area (Å²) in [7, 11) is 0. The van der Waals surface area contributed by atoms with E-state index in [0.717, 1.165) is 67.5 Å². The number of aryl methyl sites for hydroxylation is 2. The molecule has 6 nitrogen and oxygen atoms in total. The Morgan fingerprint density at radius 3 is 2.24 bits per heavy atom. The Balaban J connectivity index is 0.000000403. The number of benzene rings is 1. The number of hydrogen-bond donors (Lipinski definition) is 2. The molecule has 1 unspecified atom stereocenters. The van der Waals surface area contributed by atoms with Gasteiger partial charge in [0.15, 0.2) is 0 Å². The van der Waals surface area contributed by atoms with Gasteiger partial charge in [0.05, 0.1) is 18.5 Å². The molecule has 2 aliphatic rings. The van der Waals surface area contributed by atoms with Crippen LogP contribution < -0.4 is 10.6 Å². The number of nitrogen functional groups attached to an aromatic ring is 1. The summed E-state index contributed by atoms with van der Waals surface area (Å²) in [5.41, 5.74) is 8.07. The number of β-amino-alcohol motifs (C(OH)–C–C–N with tert-alkyl or cyclic N) is 1. The molecule has 2 saturated heterocycles. The first-order valence-electron chi connectivity index (χ1n) is 12.9. The van der Waals surface area contributed by atoms with Gasteiger partial charge < -0.3 is 20.6 Å². The molecular weight excluding hydrogens is 446 g/mol. The summed E-state index contributed by atoms with van der Waals surface area (Å²) in [5.74, 6) is 2.95. The van der Waals surface area contributed by atoms with Crippen molar-refractivity contribution in [2.45, 2.75) is 60.8 Å². The number of halogens is 1. The number of rotatable bonds is 5. The topological polar surface area (TPSA) is 78.5 Å². The fourth-order valence-electron chi connectivity index (χ4n) is 4.20. The molecule has 2 aliphatic heterocycles. The van der Waals surface area contributed by atoms with Crippen LogP contribution >= 0.6 is 11.6 Å². The van der Waals surface area contributed by atoms with Gasteiger partial charge in [-0.25, -0.2) is 4.98 Å². The van der Waals surface area contributed by atoms with Crippen LogP contribution in [0.4, 0.5) is 11.6 Å². The molecule has 3 N–H and O–H groups in total. The highest BCUT2D eigenvalue weighted by atomic mass is 35.5. The summed E-state index contributed by atoms with van der Waals surface area (Å²) < 4.78 is 0. The third kappa shape index (κ3) is 9.40. The van der Waals surface area contributed by atoms with Crippen molar-refractivity contribution < 1.29 is 5.11 Å². The molecule has 2 aromatic rings. The summed E-state index contributed by atoms with van der Waals surface area (Å²) >= 11 is 5.61. The zero-order valence-electron chi connectivity index (χ0n) is 22.1. The standard InChI is InChI=1S/C16H27N5O.C7H7Cl.2C2H6/c1-2-14-16(17)19-15(8-18-14)21-10-13(11-21)12-4-3-5-20(9-12)6-7-22;1-6-2-4-7(8)5-3-6;2*1-2/h8,12-13,22H,2-7,9-11H2,1H3,(H2,17,19);2-5H,1H3;2*1-2H3. The van der Waals surface area contributed by atoms with E-state index in [9.17, 15) is 0 Å². The maximum Gasteiger partial charge on any atom is 0.149 e. The van der Waals surface area contributed by atoms with Gasteiger partial charge >= 0.3 is 0 Å².